The lowest BCUT2D eigenvalue weighted by atomic mass is 10.1. The Kier molecular flexibility index (Phi) is 4.42. The van der Waals surface area contributed by atoms with Crippen LogP contribution < -0.4 is 10.0 Å². The Morgan fingerprint density at radius 2 is 2.00 bits per heavy atom. The van der Waals surface area contributed by atoms with E-state index in [2.05, 4.69) is 4.98 Å². The molecule has 7 nitrogen and oxygen atoms in total. The molecule has 0 saturated carbocycles. The van der Waals surface area contributed by atoms with Gasteiger partial charge in [0.1, 0.15) is 5.82 Å². The molecule has 2 heterocycles. The van der Waals surface area contributed by atoms with Gasteiger partial charge in [-0.15, -0.1) is 0 Å². The molecule has 0 radical (unpaired) electrons. The van der Waals surface area contributed by atoms with Crippen molar-refractivity contribution in [1.82, 2.24) is 9.55 Å². The van der Waals surface area contributed by atoms with E-state index in [0.29, 0.717) is 13.1 Å². The summed E-state index contributed by atoms with van der Waals surface area (Å²) in [4.78, 5) is 18.0. The minimum absolute atomic E-state index is 0.0677. The average Bonchev–Trinajstić information content (AvgIpc) is 3.04. The Labute approximate surface area is 141 Å². The Hall–Kier alpha value is -2.19. The number of nitrogens with two attached hydrogens (primary N) is 1. The van der Waals surface area contributed by atoms with Crippen LogP contribution in [0.15, 0.2) is 36.7 Å². The molecule has 1 unspecified atom stereocenters. The number of primary sulfonamides is 1. The molecule has 0 aliphatic carbocycles. The van der Waals surface area contributed by atoms with Crippen LogP contribution in [0.3, 0.4) is 0 Å². The van der Waals surface area contributed by atoms with Crippen LogP contribution in [0.4, 0.5) is 5.69 Å². The van der Waals surface area contributed by atoms with E-state index in [1.165, 1.54) is 0 Å². The maximum absolute atomic E-state index is 12.1. The van der Waals surface area contributed by atoms with Crippen LogP contribution in [0.1, 0.15) is 17.8 Å². The van der Waals surface area contributed by atoms with Gasteiger partial charge in [-0.05, 0) is 24.6 Å². The molecule has 1 aromatic carbocycles. The van der Waals surface area contributed by atoms with Crippen molar-refractivity contribution in [3.8, 4) is 0 Å². The summed E-state index contributed by atoms with van der Waals surface area (Å²) in [6.45, 7) is 3.05. The summed E-state index contributed by atoms with van der Waals surface area (Å²) < 4.78 is 24.4. The molecule has 1 fully saturated rings. The summed E-state index contributed by atoms with van der Waals surface area (Å²) >= 11 is 0. The van der Waals surface area contributed by atoms with Crippen molar-refractivity contribution >= 4 is 21.6 Å². The van der Waals surface area contributed by atoms with Crippen molar-refractivity contribution in [2.45, 2.75) is 19.9 Å². The van der Waals surface area contributed by atoms with Crippen LogP contribution in [0.2, 0.25) is 0 Å². The smallest absolute Gasteiger partial charge is 0.227 e. The fraction of sp³-hybridized carbons (Fsp3) is 0.375. The Morgan fingerprint density at radius 3 is 2.58 bits per heavy atom. The topological polar surface area (TPSA) is 98.3 Å². The molecular formula is C16H20N4O3S. The van der Waals surface area contributed by atoms with E-state index < -0.39 is 10.0 Å². The van der Waals surface area contributed by atoms with E-state index in [4.69, 9.17) is 5.14 Å². The maximum Gasteiger partial charge on any atom is 0.227 e. The molecule has 1 atom stereocenters. The highest BCUT2D eigenvalue weighted by Crippen LogP contribution is 2.26. The molecule has 0 spiro atoms. The van der Waals surface area contributed by atoms with E-state index >= 15 is 0 Å². The summed E-state index contributed by atoms with van der Waals surface area (Å²) in [6.07, 6.45) is 3.90. The second-order valence-electron chi connectivity index (χ2n) is 6.17. The number of nitrogens with zero attached hydrogens (tertiary/aromatic N) is 3. The van der Waals surface area contributed by atoms with Gasteiger partial charge in [0.15, 0.2) is 0 Å². The number of hydrogen-bond acceptors (Lipinski definition) is 4. The maximum atomic E-state index is 12.1. The SMILES string of the molecule is Cc1nccn1Cc1ccc(N2CC(CS(N)(=O)=O)CC2=O)cc1. The predicted molar refractivity (Wildman–Crippen MR) is 90.9 cm³/mol. The van der Waals surface area contributed by atoms with E-state index in [-0.39, 0.29) is 24.0 Å². The van der Waals surface area contributed by atoms with Crippen LogP contribution in [0.25, 0.3) is 0 Å². The highest BCUT2D eigenvalue weighted by Gasteiger charge is 2.32. The summed E-state index contributed by atoms with van der Waals surface area (Å²) in [5.74, 6) is 0.468. The molecule has 0 bridgehead atoms. The van der Waals surface area contributed by atoms with Crippen molar-refractivity contribution in [3.05, 3.63) is 48.0 Å². The molecule has 128 valence electrons. The number of rotatable bonds is 5. The molecule has 1 aliphatic rings. The number of anilines is 1. The molecule has 3 rings (SSSR count). The van der Waals surface area contributed by atoms with Crippen LogP contribution in [0, 0.1) is 12.8 Å². The molecule has 2 N–H and O–H groups in total. The molecule has 1 saturated heterocycles. The minimum Gasteiger partial charge on any atom is -0.331 e. The first-order valence-corrected chi connectivity index (χ1v) is 9.41. The fourth-order valence-electron chi connectivity index (χ4n) is 3.02. The van der Waals surface area contributed by atoms with E-state index in [9.17, 15) is 13.2 Å². The van der Waals surface area contributed by atoms with Gasteiger partial charge in [0.25, 0.3) is 0 Å². The number of aromatic nitrogens is 2. The number of sulfonamides is 1. The minimum atomic E-state index is -3.56. The molecule has 24 heavy (non-hydrogen) atoms. The monoisotopic (exact) mass is 348 g/mol. The van der Waals surface area contributed by atoms with Crippen molar-refractivity contribution in [2.75, 3.05) is 17.2 Å². The number of imidazole rings is 1. The van der Waals surface area contributed by atoms with Gasteiger partial charge in [-0.25, -0.2) is 18.5 Å². The van der Waals surface area contributed by atoms with Gasteiger partial charge < -0.3 is 9.47 Å². The summed E-state index contributed by atoms with van der Waals surface area (Å²) in [6, 6.07) is 7.71. The zero-order valence-corrected chi connectivity index (χ0v) is 14.2. The van der Waals surface area contributed by atoms with E-state index in [1.807, 2.05) is 42.0 Å². The normalized spacial score (nSPS) is 18.3. The first kappa shape index (κ1) is 16.7. The Bertz CT molecular complexity index is 842. The summed E-state index contributed by atoms with van der Waals surface area (Å²) in [5.41, 5.74) is 1.88. The average molecular weight is 348 g/mol. The Morgan fingerprint density at radius 1 is 1.29 bits per heavy atom. The van der Waals surface area contributed by atoms with Gasteiger partial charge in [0.05, 0.1) is 5.75 Å². The number of carbonyl (C=O) groups excluding carboxylic acids is 1. The molecule has 1 amide bonds. The quantitative estimate of drug-likeness (QED) is 0.867. The number of benzene rings is 1. The first-order valence-electron chi connectivity index (χ1n) is 7.69. The van der Waals surface area contributed by atoms with Crippen molar-refractivity contribution < 1.29 is 13.2 Å². The first-order chi connectivity index (χ1) is 11.3. The van der Waals surface area contributed by atoms with Crippen molar-refractivity contribution in [2.24, 2.45) is 11.1 Å². The van der Waals surface area contributed by atoms with Crippen molar-refractivity contribution in [1.29, 1.82) is 0 Å². The molecule has 8 heteroatoms. The predicted octanol–water partition coefficient (Wildman–Crippen LogP) is 0.881. The molecular weight excluding hydrogens is 328 g/mol. The lowest BCUT2D eigenvalue weighted by Crippen LogP contribution is -2.27. The number of aryl methyl sites for hydroxylation is 1. The van der Waals surface area contributed by atoms with Gasteiger partial charge in [-0.3, -0.25) is 4.79 Å². The standard InChI is InChI=1S/C16H20N4O3S/c1-12-18-6-7-19(12)9-13-2-4-15(5-3-13)20-10-14(8-16(20)21)11-24(17,22)23/h2-7,14H,8-11H2,1H3,(H2,17,22,23). The highest BCUT2D eigenvalue weighted by molar-refractivity contribution is 7.89. The van der Waals surface area contributed by atoms with E-state index in [0.717, 1.165) is 17.1 Å². The fourth-order valence-corrected chi connectivity index (χ4v) is 3.90. The van der Waals surface area contributed by atoms with Crippen LogP contribution in [-0.2, 0) is 21.4 Å². The third-order valence-electron chi connectivity index (χ3n) is 4.20. The van der Waals surface area contributed by atoms with Crippen molar-refractivity contribution in [3.63, 3.8) is 0 Å². The Balaban J connectivity index is 1.69. The number of carbonyl (C=O) groups is 1. The van der Waals surface area contributed by atoms with Gasteiger partial charge in [-0.1, -0.05) is 12.1 Å². The van der Waals surface area contributed by atoms with Gasteiger partial charge >= 0.3 is 0 Å². The van der Waals surface area contributed by atoms with Crippen LogP contribution in [0.5, 0.6) is 0 Å². The lowest BCUT2D eigenvalue weighted by Gasteiger charge is -2.17. The highest BCUT2D eigenvalue weighted by atomic mass is 32.2. The molecule has 1 aliphatic heterocycles. The van der Waals surface area contributed by atoms with Gasteiger partial charge in [-0.2, -0.15) is 0 Å². The second kappa shape index (κ2) is 6.37. The van der Waals surface area contributed by atoms with Gasteiger partial charge in [0.2, 0.25) is 15.9 Å². The second-order valence-corrected chi connectivity index (χ2v) is 7.83. The lowest BCUT2D eigenvalue weighted by molar-refractivity contribution is -0.117. The molecule has 2 aromatic rings. The van der Waals surface area contributed by atoms with Crippen LogP contribution in [-0.4, -0.2) is 36.2 Å². The summed E-state index contributed by atoms with van der Waals surface area (Å²) in [7, 11) is -3.56. The number of amides is 1. The third kappa shape index (κ3) is 3.82. The van der Waals surface area contributed by atoms with Gasteiger partial charge in [0, 0.05) is 43.5 Å². The number of hydrogen-bond donors (Lipinski definition) is 1. The summed E-state index contributed by atoms with van der Waals surface area (Å²) in [5, 5.41) is 5.08. The molecule has 1 aromatic heterocycles. The van der Waals surface area contributed by atoms with Crippen LogP contribution >= 0.6 is 0 Å². The zero-order chi connectivity index (χ0) is 17.3. The largest absolute Gasteiger partial charge is 0.331 e. The zero-order valence-electron chi connectivity index (χ0n) is 13.4. The van der Waals surface area contributed by atoms with E-state index in [1.54, 1.807) is 11.1 Å². The third-order valence-corrected chi connectivity index (χ3v) is 5.13.